The molecule has 0 bridgehead atoms. The van der Waals surface area contributed by atoms with Crippen LogP contribution in [0.3, 0.4) is 0 Å². The molecule has 0 saturated heterocycles. The lowest BCUT2D eigenvalue weighted by Crippen LogP contribution is -2.00. The van der Waals surface area contributed by atoms with E-state index in [0.717, 1.165) is 11.3 Å². The Balaban J connectivity index is 2.09. The fourth-order valence-electron chi connectivity index (χ4n) is 1.75. The van der Waals surface area contributed by atoms with Crippen molar-refractivity contribution in [2.75, 3.05) is 5.32 Å². The quantitative estimate of drug-likeness (QED) is 0.889. The number of halogens is 1. The summed E-state index contributed by atoms with van der Waals surface area (Å²) in [4.78, 5) is 0. The predicted molar refractivity (Wildman–Crippen MR) is 69.6 cm³/mol. The van der Waals surface area contributed by atoms with Crippen LogP contribution in [0.15, 0.2) is 42.5 Å². The number of hydrogen-bond donors (Lipinski definition) is 1. The number of anilines is 1. The number of nitrogens with zero attached hydrogens (tertiary/aromatic N) is 1. The van der Waals surface area contributed by atoms with E-state index in [-0.39, 0.29) is 5.56 Å². The van der Waals surface area contributed by atoms with Crippen molar-refractivity contribution in [3.8, 4) is 6.07 Å². The molecule has 2 aromatic carbocycles. The van der Waals surface area contributed by atoms with Gasteiger partial charge in [0.1, 0.15) is 11.9 Å². The smallest absolute Gasteiger partial charge is 0.141 e. The maximum Gasteiger partial charge on any atom is 0.141 e. The third-order valence-electron chi connectivity index (χ3n) is 2.67. The molecule has 0 fully saturated rings. The number of aryl methyl sites for hydroxylation is 1. The van der Waals surface area contributed by atoms with Crippen molar-refractivity contribution in [1.29, 1.82) is 5.26 Å². The zero-order valence-corrected chi connectivity index (χ0v) is 10.1. The first-order valence-corrected chi connectivity index (χ1v) is 5.68. The van der Waals surface area contributed by atoms with Crippen LogP contribution >= 0.6 is 0 Å². The summed E-state index contributed by atoms with van der Waals surface area (Å²) in [5, 5.41) is 11.9. The lowest BCUT2D eigenvalue weighted by atomic mass is 10.1. The highest BCUT2D eigenvalue weighted by Gasteiger charge is 2.02. The zero-order chi connectivity index (χ0) is 13.0. The van der Waals surface area contributed by atoms with E-state index in [0.29, 0.717) is 6.54 Å². The van der Waals surface area contributed by atoms with Gasteiger partial charge in [-0.25, -0.2) is 4.39 Å². The summed E-state index contributed by atoms with van der Waals surface area (Å²) < 4.78 is 13.1. The van der Waals surface area contributed by atoms with Crippen LogP contribution in [0.1, 0.15) is 16.7 Å². The highest BCUT2D eigenvalue weighted by atomic mass is 19.1. The summed E-state index contributed by atoms with van der Waals surface area (Å²) in [5.74, 6) is -0.487. The molecule has 0 aliphatic carbocycles. The average molecular weight is 240 g/mol. The van der Waals surface area contributed by atoms with Gasteiger partial charge in [-0.1, -0.05) is 29.8 Å². The van der Waals surface area contributed by atoms with E-state index < -0.39 is 5.82 Å². The molecule has 2 nitrogen and oxygen atoms in total. The van der Waals surface area contributed by atoms with Crippen molar-refractivity contribution >= 4 is 5.69 Å². The van der Waals surface area contributed by atoms with Crippen LogP contribution in [0.4, 0.5) is 10.1 Å². The third-order valence-corrected chi connectivity index (χ3v) is 2.67. The van der Waals surface area contributed by atoms with E-state index in [1.165, 1.54) is 17.7 Å². The molecule has 18 heavy (non-hydrogen) atoms. The molecular formula is C15H13FN2. The van der Waals surface area contributed by atoms with Gasteiger partial charge in [0.2, 0.25) is 0 Å². The summed E-state index contributed by atoms with van der Waals surface area (Å²) in [5.41, 5.74) is 3.16. The van der Waals surface area contributed by atoms with Gasteiger partial charge in [-0.15, -0.1) is 0 Å². The Morgan fingerprint density at radius 1 is 1.22 bits per heavy atom. The normalized spacial score (nSPS) is 9.83. The van der Waals surface area contributed by atoms with Crippen molar-refractivity contribution in [3.63, 3.8) is 0 Å². The molecule has 2 rings (SSSR count). The summed E-state index contributed by atoms with van der Waals surface area (Å²) in [7, 11) is 0. The predicted octanol–water partition coefficient (Wildman–Crippen LogP) is 3.62. The Kier molecular flexibility index (Phi) is 3.59. The Bertz CT molecular complexity index is 600. The zero-order valence-electron chi connectivity index (χ0n) is 10.1. The van der Waals surface area contributed by atoms with Crippen LogP contribution in [0.25, 0.3) is 0 Å². The van der Waals surface area contributed by atoms with Crippen LogP contribution in [0.2, 0.25) is 0 Å². The van der Waals surface area contributed by atoms with Gasteiger partial charge in [-0.3, -0.25) is 0 Å². The minimum Gasteiger partial charge on any atom is -0.381 e. The molecule has 0 aromatic heterocycles. The Morgan fingerprint density at radius 2 is 2.06 bits per heavy atom. The molecule has 0 aliphatic rings. The van der Waals surface area contributed by atoms with Crippen LogP contribution in [0.5, 0.6) is 0 Å². The summed E-state index contributed by atoms with van der Waals surface area (Å²) in [6, 6.07) is 14.4. The first-order valence-electron chi connectivity index (χ1n) is 5.68. The average Bonchev–Trinajstić information content (AvgIpc) is 2.38. The summed E-state index contributed by atoms with van der Waals surface area (Å²) in [6.07, 6.45) is 0. The standard InChI is InChI=1S/C15H13FN2/c1-11-3-2-4-12(7-11)10-18-14-5-6-15(16)13(8-14)9-17/h2-8,18H,10H2,1H3. The number of rotatable bonds is 3. The molecule has 0 unspecified atom stereocenters. The topological polar surface area (TPSA) is 35.8 Å². The Morgan fingerprint density at radius 3 is 2.78 bits per heavy atom. The fraction of sp³-hybridized carbons (Fsp3) is 0.133. The van der Waals surface area contributed by atoms with Crippen molar-refractivity contribution in [2.24, 2.45) is 0 Å². The minimum atomic E-state index is -0.487. The van der Waals surface area contributed by atoms with Gasteiger partial charge in [0.15, 0.2) is 0 Å². The lowest BCUT2D eigenvalue weighted by molar-refractivity contribution is 0.624. The van der Waals surface area contributed by atoms with Gasteiger partial charge in [-0.05, 0) is 30.7 Å². The number of hydrogen-bond acceptors (Lipinski definition) is 2. The third kappa shape index (κ3) is 2.86. The van der Waals surface area contributed by atoms with Gasteiger partial charge < -0.3 is 5.32 Å². The molecule has 0 amide bonds. The van der Waals surface area contributed by atoms with Gasteiger partial charge >= 0.3 is 0 Å². The monoisotopic (exact) mass is 240 g/mol. The maximum absolute atomic E-state index is 13.1. The molecule has 0 spiro atoms. The van der Waals surface area contributed by atoms with Crippen LogP contribution in [-0.2, 0) is 6.54 Å². The molecule has 90 valence electrons. The first-order chi connectivity index (χ1) is 8.69. The largest absolute Gasteiger partial charge is 0.381 e. The molecule has 1 N–H and O–H groups in total. The molecular weight excluding hydrogens is 227 g/mol. The highest BCUT2D eigenvalue weighted by Crippen LogP contribution is 2.15. The Labute approximate surface area is 106 Å². The van der Waals surface area contributed by atoms with E-state index in [4.69, 9.17) is 5.26 Å². The van der Waals surface area contributed by atoms with E-state index in [9.17, 15) is 4.39 Å². The maximum atomic E-state index is 13.1. The second-order valence-corrected chi connectivity index (χ2v) is 4.15. The van der Waals surface area contributed by atoms with Crippen molar-refractivity contribution in [1.82, 2.24) is 0 Å². The van der Waals surface area contributed by atoms with Crippen LogP contribution in [0, 0.1) is 24.1 Å². The van der Waals surface area contributed by atoms with Crippen LogP contribution < -0.4 is 5.32 Å². The van der Waals surface area contributed by atoms with E-state index in [1.54, 1.807) is 6.07 Å². The number of nitriles is 1. The van der Waals surface area contributed by atoms with Gasteiger partial charge in [-0.2, -0.15) is 5.26 Å². The van der Waals surface area contributed by atoms with Gasteiger partial charge in [0.25, 0.3) is 0 Å². The Hall–Kier alpha value is -2.34. The van der Waals surface area contributed by atoms with Crippen LogP contribution in [-0.4, -0.2) is 0 Å². The second-order valence-electron chi connectivity index (χ2n) is 4.15. The molecule has 0 saturated carbocycles. The van der Waals surface area contributed by atoms with Crippen molar-refractivity contribution in [3.05, 3.63) is 65.0 Å². The van der Waals surface area contributed by atoms with Gasteiger partial charge in [0.05, 0.1) is 5.56 Å². The fourth-order valence-corrected chi connectivity index (χ4v) is 1.75. The molecule has 0 radical (unpaired) electrons. The second kappa shape index (κ2) is 5.33. The number of benzene rings is 2. The number of nitrogens with one attached hydrogen (secondary N) is 1. The minimum absolute atomic E-state index is 0.0595. The molecule has 3 heteroatoms. The van der Waals surface area contributed by atoms with Gasteiger partial charge in [0, 0.05) is 12.2 Å². The van der Waals surface area contributed by atoms with E-state index >= 15 is 0 Å². The lowest BCUT2D eigenvalue weighted by Gasteiger charge is -2.07. The molecule has 0 atom stereocenters. The molecule has 0 heterocycles. The highest BCUT2D eigenvalue weighted by molar-refractivity contribution is 5.50. The molecule has 0 aliphatic heterocycles. The molecule has 2 aromatic rings. The van der Waals surface area contributed by atoms with Crippen molar-refractivity contribution < 1.29 is 4.39 Å². The van der Waals surface area contributed by atoms with E-state index in [2.05, 4.69) is 11.4 Å². The summed E-state index contributed by atoms with van der Waals surface area (Å²) in [6.45, 7) is 2.69. The summed E-state index contributed by atoms with van der Waals surface area (Å²) >= 11 is 0. The SMILES string of the molecule is Cc1cccc(CNc2ccc(F)c(C#N)c2)c1. The first kappa shape index (κ1) is 12.1. The van der Waals surface area contributed by atoms with E-state index in [1.807, 2.05) is 31.2 Å². The van der Waals surface area contributed by atoms with Crippen molar-refractivity contribution in [2.45, 2.75) is 13.5 Å².